The van der Waals surface area contributed by atoms with Crippen LogP contribution in [0, 0.1) is 0 Å². The molecule has 0 atom stereocenters. The fourth-order valence-electron chi connectivity index (χ4n) is 3.29. The van der Waals surface area contributed by atoms with Gasteiger partial charge < -0.3 is 19.5 Å². The van der Waals surface area contributed by atoms with Gasteiger partial charge in [0.25, 0.3) is 11.8 Å². The second-order valence-electron chi connectivity index (χ2n) is 6.55. The first-order valence-corrected chi connectivity index (χ1v) is 9.76. The number of carbonyl (C=O) groups excluding carboxylic acids is 2. The van der Waals surface area contributed by atoms with Crippen molar-refractivity contribution < 1.29 is 23.8 Å². The molecule has 1 aliphatic heterocycles. The first kappa shape index (κ1) is 21.5. The molecular weight excluding hydrogens is 408 g/mol. The van der Waals surface area contributed by atoms with E-state index in [0.29, 0.717) is 46.5 Å². The van der Waals surface area contributed by atoms with Crippen LogP contribution in [0.15, 0.2) is 42.1 Å². The zero-order chi connectivity index (χ0) is 21.8. The zero-order valence-electron chi connectivity index (χ0n) is 17.2. The Morgan fingerprint density at radius 3 is 2.20 bits per heavy atom. The highest BCUT2D eigenvalue weighted by atomic mass is 35.5. The van der Waals surface area contributed by atoms with Gasteiger partial charge >= 0.3 is 0 Å². The summed E-state index contributed by atoms with van der Waals surface area (Å²) in [6.07, 6.45) is 0.643. The Bertz CT molecular complexity index is 1020. The molecule has 0 spiro atoms. The van der Waals surface area contributed by atoms with Gasteiger partial charge in [-0.2, -0.15) is 0 Å². The molecule has 30 heavy (non-hydrogen) atoms. The number of carbonyl (C=O) groups is 2. The Hall–Kier alpha value is -3.19. The smallest absolute Gasteiger partial charge is 0.278 e. The highest BCUT2D eigenvalue weighted by molar-refractivity contribution is 6.36. The fourth-order valence-corrected chi connectivity index (χ4v) is 3.46. The lowest BCUT2D eigenvalue weighted by atomic mass is 10.0. The van der Waals surface area contributed by atoms with Gasteiger partial charge in [-0.3, -0.25) is 14.5 Å². The maximum absolute atomic E-state index is 13.2. The summed E-state index contributed by atoms with van der Waals surface area (Å²) in [6, 6.07) is 10.1. The SMILES string of the molecule is CCCN1C(=O)C(Nc2cc(Cl)ccc2OC)=C(c2ccc(OC)c(OC)c2)C1=O. The Morgan fingerprint density at radius 2 is 1.57 bits per heavy atom. The number of anilines is 1. The summed E-state index contributed by atoms with van der Waals surface area (Å²) in [5, 5.41) is 3.54. The predicted molar refractivity (Wildman–Crippen MR) is 115 cm³/mol. The molecule has 0 radical (unpaired) electrons. The monoisotopic (exact) mass is 430 g/mol. The molecule has 1 aliphatic rings. The molecule has 2 aromatic carbocycles. The largest absolute Gasteiger partial charge is 0.495 e. The lowest BCUT2D eigenvalue weighted by Gasteiger charge is -2.15. The van der Waals surface area contributed by atoms with Crippen LogP contribution < -0.4 is 19.5 Å². The maximum atomic E-state index is 13.2. The Labute approximate surface area is 180 Å². The molecule has 7 nitrogen and oxygen atoms in total. The van der Waals surface area contributed by atoms with E-state index < -0.39 is 5.91 Å². The molecule has 1 heterocycles. The molecule has 0 unspecified atom stereocenters. The third kappa shape index (κ3) is 3.93. The van der Waals surface area contributed by atoms with E-state index in [9.17, 15) is 9.59 Å². The average Bonchev–Trinajstić information content (AvgIpc) is 2.98. The molecule has 0 aromatic heterocycles. The molecule has 8 heteroatoms. The van der Waals surface area contributed by atoms with Crippen LogP contribution in [0.4, 0.5) is 5.69 Å². The van der Waals surface area contributed by atoms with Crippen LogP contribution in [0.1, 0.15) is 18.9 Å². The molecule has 0 fully saturated rings. The van der Waals surface area contributed by atoms with Crippen molar-refractivity contribution in [2.24, 2.45) is 0 Å². The fraction of sp³-hybridized carbons (Fsp3) is 0.273. The zero-order valence-corrected chi connectivity index (χ0v) is 18.0. The highest BCUT2D eigenvalue weighted by Gasteiger charge is 2.39. The van der Waals surface area contributed by atoms with Gasteiger partial charge in [-0.05, 0) is 42.3 Å². The number of amides is 2. The summed E-state index contributed by atoms with van der Waals surface area (Å²) < 4.78 is 16.0. The van der Waals surface area contributed by atoms with E-state index in [1.807, 2.05) is 6.92 Å². The van der Waals surface area contributed by atoms with Crippen LogP contribution >= 0.6 is 11.6 Å². The summed E-state index contributed by atoms with van der Waals surface area (Å²) >= 11 is 6.12. The molecule has 0 bridgehead atoms. The predicted octanol–water partition coefficient (Wildman–Crippen LogP) is 3.97. The average molecular weight is 431 g/mol. The van der Waals surface area contributed by atoms with Gasteiger partial charge in [0.15, 0.2) is 11.5 Å². The van der Waals surface area contributed by atoms with Crippen LogP contribution in [-0.4, -0.2) is 44.6 Å². The molecule has 2 amide bonds. The van der Waals surface area contributed by atoms with Crippen LogP contribution in [-0.2, 0) is 9.59 Å². The summed E-state index contributed by atoms with van der Waals surface area (Å²) in [5.74, 6) is 0.686. The van der Waals surface area contributed by atoms with E-state index in [1.54, 1.807) is 36.4 Å². The highest BCUT2D eigenvalue weighted by Crippen LogP contribution is 2.37. The number of nitrogens with one attached hydrogen (secondary N) is 1. The number of benzene rings is 2. The summed E-state index contributed by atoms with van der Waals surface area (Å²) in [6.45, 7) is 2.22. The molecule has 3 rings (SSSR count). The van der Waals surface area contributed by atoms with Crippen molar-refractivity contribution in [1.82, 2.24) is 4.90 Å². The van der Waals surface area contributed by atoms with E-state index in [4.69, 9.17) is 25.8 Å². The van der Waals surface area contributed by atoms with E-state index in [1.165, 1.54) is 26.2 Å². The normalized spacial score (nSPS) is 13.7. The second-order valence-corrected chi connectivity index (χ2v) is 6.99. The van der Waals surface area contributed by atoms with Crippen LogP contribution in [0.3, 0.4) is 0 Å². The van der Waals surface area contributed by atoms with Gasteiger partial charge in [0.2, 0.25) is 0 Å². The van der Waals surface area contributed by atoms with Crippen molar-refractivity contribution >= 4 is 34.7 Å². The van der Waals surface area contributed by atoms with E-state index in [-0.39, 0.29) is 17.2 Å². The molecule has 0 saturated carbocycles. The number of rotatable bonds is 8. The van der Waals surface area contributed by atoms with Gasteiger partial charge in [0, 0.05) is 11.6 Å². The Balaban J connectivity index is 2.15. The van der Waals surface area contributed by atoms with E-state index in [2.05, 4.69) is 5.32 Å². The van der Waals surface area contributed by atoms with Gasteiger partial charge in [-0.15, -0.1) is 0 Å². The topological polar surface area (TPSA) is 77.1 Å². The molecule has 0 saturated heterocycles. The summed E-state index contributed by atoms with van der Waals surface area (Å²) in [7, 11) is 4.56. The number of methoxy groups -OCH3 is 3. The minimum atomic E-state index is -0.409. The van der Waals surface area contributed by atoms with Crippen molar-refractivity contribution in [3.63, 3.8) is 0 Å². The number of nitrogens with zero attached hydrogens (tertiary/aromatic N) is 1. The number of halogens is 1. The minimum absolute atomic E-state index is 0.154. The van der Waals surface area contributed by atoms with E-state index in [0.717, 1.165) is 0 Å². The first-order valence-electron chi connectivity index (χ1n) is 9.38. The molecule has 1 N–H and O–H groups in total. The van der Waals surface area contributed by atoms with Gasteiger partial charge in [0.05, 0.1) is 32.6 Å². The molecule has 2 aromatic rings. The van der Waals surface area contributed by atoms with Crippen LogP contribution in [0.5, 0.6) is 17.2 Å². The second kappa shape index (κ2) is 9.09. The Morgan fingerprint density at radius 1 is 0.900 bits per heavy atom. The van der Waals surface area contributed by atoms with Crippen molar-refractivity contribution in [2.45, 2.75) is 13.3 Å². The summed E-state index contributed by atoms with van der Waals surface area (Å²) in [5.41, 5.74) is 1.42. The van der Waals surface area contributed by atoms with Crippen molar-refractivity contribution in [3.05, 3.63) is 52.7 Å². The Kier molecular flexibility index (Phi) is 6.52. The van der Waals surface area contributed by atoms with E-state index >= 15 is 0 Å². The van der Waals surface area contributed by atoms with Crippen molar-refractivity contribution in [3.8, 4) is 17.2 Å². The van der Waals surface area contributed by atoms with Gasteiger partial charge in [-0.25, -0.2) is 0 Å². The lowest BCUT2D eigenvalue weighted by molar-refractivity contribution is -0.136. The number of hydrogen-bond acceptors (Lipinski definition) is 6. The standard InChI is InChI=1S/C22H23ClN2O5/c1-5-10-25-21(26)19(13-6-8-17(29-3)18(11-13)30-4)20(22(25)27)24-15-12-14(23)7-9-16(15)28-2/h6-9,11-12,24H,5,10H2,1-4H3. The molecular formula is C22H23ClN2O5. The maximum Gasteiger partial charge on any atom is 0.278 e. The quantitative estimate of drug-likeness (QED) is 0.638. The minimum Gasteiger partial charge on any atom is -0.495 e. The number of imide groups is 1. The number of hydrogen-bond donors (Lipinski definition) is 1. The third-order valence-corrected chi connectivity index (χ3v) is 4.94. The van der Waals surface area contributed by atoms with Gasteiger partial charge in [0.1, 0.15) is 11.4 Å². The lowest BCUT2D eigenvalue weighted by Crippen LogP contribution is -2.33. The van der Waals surface area contributed by atoms with Crippen molar-refractivity contribution in [1.29, 1.82) is 0 Å². The summed E-state index contributed by atoms with van der Waals surface area (Å²) in [4.78, 5) is 27.5. The van der Waals surface area contributed by atoms with Crippen LogP contribution in [0.2, 0.25) is 5.02 Å². The molecule has 158 valence electrons. The van der Waals surface area contributed by atoms with Gasteiger partial charge in [-0.1, -0.05) is 24.6 Å². The molecule has 0 aliphatic carbocycles. The van der Waals surface area contributed by atoms with Crippen LogP contribution in [0.25, 0.3) is 5.57 Å². The number of ether oxygens (including phenoxy) is 3. The van der Waals surface area contributed by atoms with Crippen molar-refractivity contribution in [2.75, 3.05) is 33.2 Å². The third-order valence-electron chi connectivity index (χ3n) is 4.71. The first-order chi connectivity index (χ1) is 14.4.